The van der Waals surface area contributed by atoms with Crippen molar-refractivity contribution in [1.82, 2.24) is 20.4 Å². The van der Waals surface area contributed by atoms with Gasteiger partial charge < -0.3 is 25.5 Å². The number of aromatic nitrogens is 3. The number of carboxylic acid groups (broad SMARTS) is 1. The summed E-state index contributed by atoms with van der Waals surface area (Å²) in [5, 5.41) is 21.0. The highest BCUT2D eigenvalue weighted by atomic mass is 32.2. The lowest BCUT2D eigenvalue weighted by Gasteiger charge is -2.49. The molecule has 15 heteroatoms. The molecule has 35 heavy (non-hydrogen) atoms. The number of carbonyl (C=O) groups excluding carboxylic acids is 2. The normalized spacial score (nSPS) is 20.0. The van der Waals surface area contributed by atoms with E-state index in [0.29, 0.717) is 17.9 Å². The highest BCUT2D eigenvalue weighted by Gasteiger charge is 2.55. The second-order valence-electron chi connectivity index (χ2n) is 7.50. The van der Waals surface area contributed by atoms with E-state index in [1.54, 1.807) is 11.3 Å². The number of fused-ring (bicyclic) bond motifs is 2. The molecule has 0 saturated carbocycles. The highest BCUT2D eigenvalue weighted by molar-refractivity contribution is 8.00. The molecule has 5 rings (SSSR count). The number of thiophene rings is 1. The maximum atomic E-state index is 13.0. The molecule has 2 aliphatic rings. The first kappa shape index (κ1) is 22.8. The number of thioether (sulfide) groups is 1. The Balaban J connectivity index is 1.38. The lowest BCUT2D eigenvalue weighted by atomic mass is 10.0. The van der Waals surface area contributed by atoms with E-state index >= 15 is 0 Å². The first-order valence-electron chi connectivity index (χ1n) is 10.2. The Morgan fingerprint density at radius 3 is 3.00 bits per heavy atom. The summed E-state index contributed by atoms with van der Waals surface area (Å²) in [5.74, 6) is -2.39. The SMILES string of the molecule is CON=C(C(=O)NC1C(=O)N2C(C(=O)O)=C(C[n+]3cccc4sccc43)CS[C@@H]12)c1noc(N)n1. The predicted molar refractivity (Wildman–Crippen MR) is 124 cm³/mol. The minimum absolute atomic E-state index is 0.0688. The van der Waals surface area contributed by atoms with E-state index in [1.807, 2.05) is 34.3 Å². The molecule has 3 aromatic rings. The number of carboxylic acids is 1. The topological polar surface area (TPSA) is 177 Å². The van der Waals surface area contributed by atoms with E-state index in [2.05, 4.69) is 30.0 Å². The Morgan fingerprint density at radius 1 is 1.46 bits per heavy atom. The summed E-state index contributed by atoms with van der Waals surface area (Å²) >= 11 is 2.96. The zero-order valence-electron chi connectivity index (χ0n) is 18.1. The van der Waals surface area contributed by atoms with E-state index in [9.17, 15) is 19.5 Å². The van der Waals surface area contributed by atoms with Gasteiger partial charge in [-0.3, -0.25) is 14.5 Å². The van der Waals surface area contributed by atoms with E-state index in [0.717, 1.165) is 10.2 Å². The number of aliphatic carboxylic acids is 1. The molecule has 2 amide bonds. The van der Waals surface area contributed by atoms with Crippen LogP contribution in [0.1, 0.15) is 5.82 Å². The van der Waals surface area contributed by atoms with Crippen molar-refractivity contribution in [1.29, 1.82) is 0 Å². The molecule has 180 valence electrons. The van der Waals surface area contributed by atoms with Crippen LogP contribution in [0.15, 0.2) is 50.7 Å². The molecule has 0 radical (unpaired) electrons. The third-order valence-electron chi connectivity index (χ3n) is 5.45. The molecule has 2 aliphatic heterocycles. The second kappa shape index (κ2) is 8.99. The molecule has 0 bridgehead atoms. The zero-order valence-corrected chi connectivity index (χ0v) is 19.7. The number of pyridine rings is 1. The quantitative estimate of drug-likeness (QED) is 0.167. The van der Waals surface area contributed by atoms with Crippen LogP contribution in [-0.4, -0.2) is 67.9 Å². The summed E-state index contributed by atoms with van der Waals surface area (Å²) < 4.78 is 7.70. The first-order chi connectivity index (χ1) is 16.9. The lowest BCUT2D eigenvalue weighted by molar-refractivity contribution is -0.663. The number of nitrogens with two attached hydrogens (primary N) is 1. The second-order valence-corrected chi connectivity index (χ2v) is 9.56. The van der Waals surface area contributed by atoms with E-state index < -0.39 is 29.2 Å². The fraction of sp³-hybridized carbons (Fsp3) is 0.250. The molecule has 0 aromatic carbocycles. The van der Waals surface area contributed by atoms with Gasteiger partial charge in [-0.25, -0.2) is 4.79 Å². The molecule has 13 nitrogen and oxygen atoms in total. The van der Waals surface area contributed by atoms with Gasteiger partial charge in [0.15, 0.2) is 12.7 Å². The maximum Gasteiger partial charge on any atom is 0.352 e. The summed E-state index contributed by atoms with van der Waals surface area (Å²) in [6, 6.07) is 4.62. The van der Waals surface area contributed by atoms with Crippen LogP contribution >= 0.6 is 23.1 Å². The molecule has 0 aliphatic carbocycles. The Bertz CT molecular complexity index is 1410. The number of nitrogens with one attached hydrogen (secondary N) is 1. The molecule has 1 fully saturated rings. The summed E-state index contributed by atoms with van der Waals surface area (Å²) in [5.41, 5.74) is 6.58. The molecular weight excluding hydrogens is 498 g/mol. The first-order valence-corrected chi connectivity index (χ1v) is 12.1. The molecule has 2 atom stereocenters. The van der Waals surface area contributed by atoms with Gasteiger partial charge in [0.1, 0.15) is 24.2 Å². The van der Waals surface area contributed by atoms with Crippen LogP contribution in [0.2, 0.25) is 0 Å². The number of nitrogens with zero attached hydrogens (tertiary/aromatic N) is 5. The van der Waals surface area contributed by atoms with Crippen molar-refractivity contribution in [2.75, 3.05) is 18.6 Å². The third kappa shape index (κ3) is 3.97. The minimum atomic E-state index is -1.20. The fourth-order valence-electron chi connectivity index (χ4n) is 3.96. The largest absolute Gasteiger partial charge is 0.477 e. The smallest absolute Gasteiger partial charge is 0.352 e. The van der Waals surface area contributed by atoms with E-state index in [-0.39, 0.29) is 23.2 Å². The fourth-order valence-corrected chi connectivity index (χ4v) is 6.10. The van der Waals surface area contributed by atoms with Crippen molar-refractivity contribution in [3.05, 3.63) is 46.9 Å². The van der Waals surface area contributed by atoms with Crippen LogP contribution in [0.3, 0.4) is 0 Å². The number of nitrogen functional groups attached to an aromatic ring is 1. The molecule has 0 spiro atoms. The van der Waals surface area contributed by atoms with E-state index in [4.69, 9.17) is 5.73 Å². The van der Waals surface area contributed by atoms with Gasteiger partial charge in [-0.1, -0.05) is 10.3 Å². The van der Waals surface area contributed by atoms with Gasteiger partial charge in [0.25, 0.3) is 11.8 Å². The highest BCUT2D eigenvalue weighted by Crippen LogP contribution is 2.40. The number of amides is 2. The molecule has 1 unspecified atom stereocenters. The molecular formula is C20H18N7O6S2+. The van der Waals surface area contributed by atoms with Gasteiger partial charge in [-0.05, 0) is 11.4 Å². The lowest BCUT2D eigenvalue weighted by Crippen LogP contribution is -2.71. The number of rotatable bonds is 7. The number of carbonyl (C=O) groups is 3. The zero-order chi connectivity index (χ0) is 24.7. The van der Waals surface area contributed by atoms with Gasteiger partial charge >= 0.3 is 12.0 Å². The maximum absolute atomic E-state index is 13.0. The number of β-lactam (4-membered cyclic amide) rings is 1. The van der Waals surface area contributed by atoms with Crippen LogP contribution < -0.4 is 15.6 Å². The van der Waals surface area contributed by atoms with Gasteiger partial charge in [0.05, 0.1) is 4.70 Å². The van der Waals surface area contributed by atoms with Gasteiger partial charge in [0, 0.05) is 23.5 Å². The molecule has 3 aromatic heterocycles. The summed E-state index contributed by atoms with van der Waals surface area (Å²) in [4.78, 5) is 47.6. The van der Waals surface area contributed by atoms with Crippen molar-refractivity contribution < 1.29 is 33.4 Å². The van der Waals surface area contributed by atoms with Crippen molar-refractivity contribution in [3.8, 4) is 0 Å². The van der Waals surface area contributed by atoms with Crippen LogP contribution in [0, 0.1) is 0 Å². The van der Waals surface area contributed by atoms with E-state index in [1.165, 1.54) is 23.8 Å². The number of hydrogen-bond donors (Lipinski definition) is 3. The van der Waals surface area contributed by atoms with Crippen LogP contribution in [0.4, 0.5) is 6.01 Å². The minimum Gasteiger partial charge on any atom is -0.477 e. The molecule has 4 N–H and O–H groups in total. The Morgan fingerprint density at radius 2 is 2.29 bits per heavy atom. The Kier molecular flexibility index (Phi) is 5.86. The average Bonchev–Trinajstić information content (AvgIpc) is 3.49. The van der Waals surface area contributed by atoms with Crippen LogP contribution in [0.5, 0.6) is 0 Å². The molecule has 1 saturated heterocycles. The van der Waals surface area contributed by atoms with Crippen LogP contribution in [0.25, 0.3) is 10.2 Å². The average molecular weight is 517 g/mol. The third-order valence-corrected chi connectivity index (χ3v) is 7.66. The summed E-state index contributed by atoms with van der Waals surface area (Å²) in [6.45, 7) is 0.320. The summed E-state index contributed by atoms with van der Waals surface area (Å²) in [7, 11) is 1.23. The van der Waals surface area contributed by atoms with Crippen molar-refractivity contribution in [2.24, 2.45) is 5.16 Å². The Hall–Kier alpha value is -3.98. The monoisotopic (exact) mass is 516 g/mol. The number of anilines is 1. The number of hydrogen-bond acceptors (Lipinski definition) is 11. The van der Waals surface area contributed by atoms with Gasteiger partial charge in [-0.2, -0.15) is 9.55 Å². The van der Waals surface area contributed by atoms with Gasteiger partial charge in [0.2, 0.25) is 17.1 Å². The number of oxime groups is 1. The van der Waals surface area contributed by atoms with Crippen molar-refractivity contribution in [3.63, 3.8) is 0 Å². The Labute approximate surface area is 205 Å². The summed E-state index contributed by atoms with van der Waals surface area (Å²) in [6.07, 6.45) is 1.88. The van der Waals surface area contributed by atoms with Crippen molar-refractivity contribution in [2.45, 2.75) is 18.0 Å². The van der Waals surface area contributed by atoms with Crippen molar-refractivity contribution >= 4 is 62.8 Å². The van der Waals surface area contributed by atoms with Gasteiger partial charge in [-0.15, -0.1) is 23.1 Å². The van der Waals surface area contributed by atoms with Crippen LogP contribution in [-0.2, 0) is 25.8 Å². The predicted octanol–water partition coefficient (Wildman–Crippen LogP) is -0.0567. The standard InChI is InChI=1S/C20H17N7O6S2/c1-32-24-12(15-23-20(21)33-25-15)16(28)22-13-17(29)27-14(19(30)31)9(8-35-18(13)27)7-26-5-2-3-11-10(26)4-6-34-11/h2-6,13,18H,7-8H2,1H3,(H3-,21,22,23,25,28,30,31)/p+1/t13?,18-/m0/s1. The molecule has 5 heterocycles.